The topological polar surface area (TPSA) is 79.3 Å². The molecule has 162 valence electrons. The van der Waals surface area contributed by atoms with Crippen molar-refractivity contribution < 1.29 is 28.6 Å². The smallest absolute Gasteiger partial charge is 0.295 e. The first-order valence-corrected chi connectivity index (χ1v) is 9.95. The molecule has 2 aromatic rings. The summed E-state index contributed by atoms with van der Waals surface area (Å²) in [5.41, 5.74) is 0.652. The van der Waals surface area contributed by atoms with E-state index in [-0.39, 0.29) is 17.9 Å². The van der Waals surface area contributed by atoms with E-state index in [0.29, 0.717) is 42.4 Å². The first-order valence-electron chi connectivity index (χ1n) is 9.95. The van der Waals surface area contributed by atoms with Crippen LogP contribution in [0.3, 0.4) is 0 Å². The third-order valence-corrected chi connectivity index (χ3v) is 5.31. The molecule has 0 unspecified atom stereocenters. The number of carbonyl (C=O) groups excluding carboxylic acids is 2. The summed E-state index contributed by atoms with van der Waals surface area (Å²) in [6.45, 7) is 1.55. The maximum Gasteiger partial charge on any atom is 0.295 e. The van der Waals surface area contributed by atoms with Gasteiger partial charge < -0.3 is 24.4 Å². The fourth-order valence-electron chi connectivity index (χ4n) is 3.79. The fraction of sp³-hybridized carbons (Fsp3) is 0.304. The lowest BCUT2D eigenvalue weighted by Gasteiger charge is -2.26. The largest absolute Gasteiger partial charge is 0.507 e. The Balaban J connectivity index is 1.83. The highest BCUT2D eigenvalue weighted by atomic mass is 19.1. The lowest BCUT2D eigenvalue weighted by Crippen LogP contribution is -2.35. The Bertz CT molecular complexity index is 1070. The monoisotopic (exact) mass is 426 g/mol. The number of halogens is 1. The predicted octanol–water partition coefficient (Wildman–Crippen LogP) is 2.58. The molecule has 0 spiro atoms. The number of rotatable bonds is 5. The zero-order chi connectivity index (χ0) is 22.1. The molecule has 1 saturated heterocycles. The van der Waals surface area contributed by atoms with Crippen LogP contribution in [0.1, 0.15) is 17.2 Å². The number of ketones is 1. The molecular weight excluding hydrogens is 403 g/mol. The third kappa shape index (κ3) is 3.98. The zero-order valence-corrected chi connectivity index (χ0v) is 17.3. The van der Waals surface area contributed by atoms with E-state index < -0.39 is 23.5 Å². The quantitative estimate of drug-likeness (QED) is 0.450. The summed E-state index contributed by atoms with van der Waals surface area (Å²) in [6.07, 6.45) is 0. The highest BCUT2D eigenvalue weighted by molar-refractivity contribution is 6.46. The van der Waals surface area contributed by atoms with Crippen molar-refractivity contribution in [3.05, 3.63) is 65.0 Å². The van der Waals surface area contributed by atoms with E-state index in [0.717, 1.165) is 0 Å². The minimum Gasteiger partial charge on any atom is -0.507 e. The number of hydrogen-bond acceptors (Lipinski definition) is 6. The number of ether oxygens (including phenoxy) is 2. The lowest BCUT2D eigenvalue weighted by molar-refractivity contribution is -0.140. The summed E-state index contributed by atoms with van der Waals surface area (Å²) in [6, 6.07) is 9.62. The van der Waals surface area contributed by atoms with E-state index in [4.69, 9.17) is 9.47 Å². The molecule has 31 heavy (non-hydrogen) atoms. The summed E-state index contributed by atoms with van der Waals surface area (Å²) in [7, 11) is 3.70. The average molecular weight is 426 g/mol. The number of amides is 1. The molecule has 1 fully saturated rings. The normalized spacial score (nSPS) is 19.9. The fourth-order valence-corrected chi connectivity index (χ4v) is 3.79. The number of likely N-dealkylation sites (tertiary alicyclic amines) is 1. The molecule has 2 heterocycles. The Morgan fingerprint density at radius 3 is 2.58 bits per heavy atom. The maximum atomic E-state index is 14.0. The third-order valence-electron chi connectivity index (χ3n) is 5.31. The number of likely N-dealkylation sites (N-methyl/N-ethyl adjacent to an activating group) is 1. The second-order valence-electron chi connectivity index (χ2n) is 7.71. The van der Waals surface area contributed by atoms with Crippen LogP contribution >= 0.6 is 0 Å². The molecule has 0 bridgehead atoms. The Morgan fingerprint density at radius 2 is 1.87 bits per heavy atom. The maximum absolute atomic E-state index is 14.0. The molecule has 0 radical (unpaired) electrons. The van der Waals surface area contributed by atoms with Gasteiger partial charge in [0.2, 0.25) is 0 Å². The number of carbonyl (C=O) groups is 2. The van der Waals surface area contributed by atoms with Gasteiger partial charge in [0, 0.05) is 18.7 Å². The number of fused-ring (bicyclic) bond motifs is 1. The van der Waals surface area contributed by atoms with Crippen LogP contribution in [0.5, 0.6) is 11.5 Å². The van der Waals surface area contributed by atoms with E-state index in [1.54, 1.807) is 24.3 Å². The standard InChI is InChI=1S/C23H23FN2O5/c1-25(2)8-9-26-20(14-4-3-5-16(24)12-14)19(22(28)23(26)29)21(27)15-6-7-17-18(13-15)31-11-10-30-17/h3-7,12-13,20,27H,8-11H2,1-2H3/b21-19+/t20-/m0/s1. The van der Waals surface area contributed by atoms with Crippen molar-refractivity contribution in [1.29, 1.82) is 0 Å². The van der Waals surface area contributed by atoms with Gasteiger partial charge in [0.25, 0.3) is 11.7 Å². The summed E-state index contributed by atoms with van der Waals surface area (Å²) < 4.78 is 25.1. The van der Waals surface area contributed by atoms with Crippen molar-refractivity contribution >= 4 is 17.4 Å². The van der Waals surface area contributed by atoms with Crippen molar-refractivity contribution in [2.75, 3.05) is 40.4 Å². The predicted molar refractivity (Wildman–Crippen MR) is 111 cm³/mol. The summed E-state index contributed by atoms with van der Waals surface area (Å²) >= 11 is 0. The highest BCUT2D eigenvalue weighted by Crippen LogP contribution is 2.41. The van der Waals surface area contributed by atoms with Gasteiger partial charge in [0.1, 0.15) is 24.8 Å². The first kappa shape index (κ1) is 20.9. The van der Waals surface area contributed by atoms with Crippen LogP contribution in [-0.2, 0) is 9.59 Å². The molecule has 1 atom stereocenters. The Morgan fingerprint density at radius 1 is 1.13 bits per heavy atom. The van der Waals surface area contributed by atoms with Gasteiger partial charge in [0.05, 0.1) is 11.6 Å². The Labute approximate surface area is 179 Å². The first-order chi connectivity index (χ1) is 14.9. The SMILES string of the molecule is CN(C)CCN1C(=O)C(=O)/C(=C(/O)c2ccc3c(c2)OCCO3)[C@@H]1c1cccc(F)c1. The Kier molecular flexibility index (Phi) is 5.65. The van der Waals surface area contributed by atoms with Gasteiger partial charge in [-0.05, 0) is 50.0 Å². The minimum absolute atomic E-state index is 0.0777. The molecular formula is C23H23FN2O5. The van der Waals surface area contributed by atoms with Gasteiger partial charge in [-0.25, -0.2) is 4.39 Å². The van der Waals surface area contributed by atoms with E-state index in [2.05, 4.69) is 0 Å². The Hall–Kier alpha value is -3.39. The molecule has 2 aromatic carbocycles. The van der Waals surface area contributed by atoms with Crippen molar-refractivity contribution in [1.82, 2.24) is 9.80 Å². The summed E-state index contributed by atoms with van der Waals surface area (Å²) in [4.78, 5) is 29.1. The van der Waals surface area contributed by atoms with Crippen LogP contribution in [-0.4, -0.2) is 67.0 Å². The van der Waals surface area contributed by atoms with Gasteiger partial charge in [0.15, 0.2) is 11.5 Å². The number of aliphatic hydroxyl groups excluding tert-OH is 1. The molecule has 0 aromatic heterocycles. The van der Waals surface area contributed by atoms with Gasteiger partial charge in [-0.1, -0.05) is 12.1 Å². The molecule has 0 aliphatic carbocycles. The number of nitrogens with zero attached hydrogens (tertiary/aromatic N) is 2. The number of Topliss-reactive ketones (excluding diaryl/α,β-unsaturated/α-hetero) is 1. The van der Waals surface area contributed by atoms with Gasteiger partial charge in [-0.15, -0.1) is 0 Å². The van der Waals surface area contributed by atoms with Gasteiger partial charge >= 0.3 is 0 Å². The molecule has 7 nitrogen and oxygen atoms in total. The second-order valence-corrected chi connectivity index (χ2v) is 7.71. The molecule has 0 saturated carbocycles. The average Bonchev–Trinajstić information content (AvgIpc) is 3.01. The molecule has 1 N–H and O–H groups in total. The lowest BCUT2D eigenvalue weighted by atomic mass is 9.95. The van der Waals surface area contributed by atoms with Crippen molar-refractivity contribution in [3.8, 4) is 11.5 Å². The summed E-state index contributed by atoms with van der Waals surface area (Å²) in [5.74, 6) is -1.38. The van der Waals surface area contributed by atoms with Crippen molar-refractivity contribution in [2.24, 2.45) is 0 Å². The molecule has 1 amide bonds. The van der Waals surface area contributed by atoms with Crippen LogP contribution in [0.2, 0.25) is 0 Å². The van der Waals surface area contributed by atoms with E-state index in [9.17, 15) is 19.1 Å². The van der Waals surface area contributed by atoms with E-state index in [1.807, 2.05) is 19.0 Å². The zero-order valence-electron chi connectivity index (χ0n) is 17.3. The molecule has 4 rings (SSSR count). The molecule has 2 aliphatic heterocycles. The number of hydrogen-bond donors (Lipinski definition) is 1. The molecule has 8 heteroatoms. The van der Waals surface area contributed by atoms with E-state index in [1.165, 1.54) is 23.1 Å². The summed E-state index contributed by atoms with van der Waals surface area (Å²) in [5, 5.41) is 11.1. The van der Waals surface area contributed by atoms with Crippen LogP contribution in [0, 0.1) is 5.82 Å². The minimum atomic E-state index is -0.899. The van der Waals surface area contributed by atoms with Crippen molar-refractivity contribution in [2.45, 2.75) is 6.04 Å². The van der Waals surface area contributed by atoms with Gasteiger partial charge in [-0.2, -0.15) is 0 Å². The van der Waals surface area contributed by atoms with Crippen LogP contribution in [0.15, 0.2) is 48.0 Å². The van der Waals surface area contributed by atoms with Gasteiger partial charge in [-0.3, -0.25) is 9.59 Å². The van der Waals surface area contributed by atoms with Crippen LogP contribution < -0.4 is 9.47 Å². The number of aliphatic hydroxyl groups is 1. The highest BCUT2D eigenvalue weighted by Gasteiger charge is 2.46. The number of benzene rings is 2. The van der Waals surface area contributed by atoms with E-state index >= 15 is 0 Å². The molecule has 2 aliphatic rings. The van der Waals surface area contributed by atoms with Crippen LogP contribution in [0.4, 0.5) is 4.39 Å². The van der Waals surface area contributed by atoms with Crippen LogP contribution in [0.25, 0.3) is 5.76 Å². The van der Waals surface area contributed by atoms with Crippen molar-refractivity contribution in [3.63, 3.8) is 0 Å². The second kappa shape index (κ2) is 8.39.